The first kappa shape index (κ1) is 11.8. The number of hydrogen-bond donors (Lipinski definition) is 0. The lowest BCUT2D eigenvalue weighted by molar-refractivity contribution is -0.122. The van der Waals surface area contributed by atoms with Gasteiger partial charge in [-0.3, -0.25) is 9.48 Å². The van der Waals surface area contributed by atoms with Gasteiger partial charge >= 0.3 is 0 Å². The van der Waals surface area contributed by atoms with Crippen molar-refractivity contribution >= 4 is 21.7 Å². The highest BCUT2D eigenvalue weighted by Gasteiger charge is 2.29. The molecule has 1 aliphatic carbocycles. The fourth-order valence-corrected chi connectivity index (χ4v) is 2.91. The summed E-state index contributed by atoms with van der Waals surface area (Å²) in [5, 5.41) is 4.34. The first-order valence-corrected chi connectivity index (χ1v) is 6.66. The van der Waals surface area contributed by atoms with E-state index < -0.39 is 0 Å². The molecule has 0 aromatic carbocycles. The first-order chi connectivity index (χ1) is 7.61. The van der Waals surface area contributed by atoms with Crippen LogP contribution in [0.4, 0.5) is 0 Å². The minimum atomic E-state index is 0.0491. The molecule has 0 saturated heterocycles. The molecule has 1 aromatic heterocycles. The van der Waals surface area contributed by atoms with Gasteiger partial charge in [-0.1, -0.05) is 6.42 Å². The minimum Gasteiger partial charge on any atom is -0.299 e. The van der Waals surface area contributed by atoms with Crippen molar-refractivity contribution in [3.8, 4) is 0 Å². The smallest absolute Gasteiger partial charge is 0.141 e. The van der Waals surface area contributed by atoms with Crippen molar-refractivity contribution < 1.29 is 4.79 Å². The number of nitrogens with zero attached hydrogens (tertiary/aromatic N) is 2. The standard InChI is InChI=1S/C12H17BrN2O/c1-8(2)15-12(10(13)7-14-15)9-5-3-4-6-11(9)16/h7-9H,3-6H2,1-2H3. The summed E-state index contributed by atoms with van der Waals surface area (Å²) in [6.45, 7) is 4.19. The summed E-state index contributed by atoms with van der Waals surface area (Å²) in [4.78, 5) is 12.0. The molecule has 0 N–H and O–H groups in total. The molecule has 16 heavy (non-hydrogen) atoms. The van der Waals surface area contributed by atoms with Crippen molar-refractivity contribution in [2.24, 2.45) is 0 Å². The molecule has 0 radical (unpaired) electrons. The lowest BCUT2D eigenvalue weighted by atomic mass is 9.85. The third-order valence-electron chi connectivity index (χ3n) is 3.16. The number of hydrogen-bond acceptors (Lipinski definition) is 2. The van der Waals surface area contributed by atoms with E-state index in [2.05, 4.69) is 34.9 Å². The summed E-state index contributed by atoms with van der Waals surface area (Å²) >= 11 is 3.51. The second-order valence-corrected chi connectivity index (χ2v) is 5.54. The average molecular weight is 285 g/mol. The van der Waals surface area contributed by atoms with Crippen LogP contribution in [0.5, 0.6) is 0 Å². The number of halogens is 1. The van der Waals surface area contributed by atoms with E-state index in [-0.39, 0.29) is 5.92 Å². The van der Waals surface area contributed by atoms with Gasteiger partial charge in [-0.15, -0.1) is 0 Å². The normalized spacial score (nSPS) is 21.8. The summed E-state index contributed by atoms with van der Waals surface area (Å²) in [6.07, 6.45) is 5.68. The van der Waals surface area contributed by atoms with Crippen LogP contribution in [0.3, 0.4) is 0 Å². The third-order valence-corrected chi connectivity index (χ3v) is 3.77. The monoisotopic (exact) mass is 284 g/mol. The van der Waals surface area contributed by atoms with Gasteiger partial charge in [0.25, 0.3) is 0 Å². The lowest BCUT2D eigenvalue weighted by Gasteiger charge is -2.23. The van der Waals surface area contributed by atoms with Crippen LogP contribution in [0.2, 0.25) is 0 Å². The van der Waals surface area contributed by atoms with Crippen LogP contribution in [0.1, 0.15) is 57.2 Å². The van der Waals surface area contributed by atoms with Gasteiger partial charge in [0.2, 0.25) is 0 Å². The second kappa shape index (κ2) is 4.70. The zero-order chi connectivity index (χ0) is 11.7. The Kier molecular flexibility index (Phi) is 3.47. The van der Waals surface area contributed by atoms with Crippen LogP contribution in [0.25, 0.3) is 0 Å². The van der Waals surface area contributed by atoms with Gasteiger partial charge in [-0.2, -0.15) is 5.10 Å². The Morgan fingerprint density at radius 1 is 1.50 bits per heavy atom. The van der Waals surface area contributed by atoms with Crippen LogP contribution in [0, 0.1) is 0 Å². The van der Waals surface area contributed by atoms with Gasteiger partial charge in [0, 0.05) is 12.5 Å². The van der Waals surface area contributed by atoms with E-state index in [1.165, 1.54) is 0 Å². The summed E-state index contributed by atoms with van der Waals surface area (Å²) in [6, 6.07) is 0.302. The van der Waals surface area contributed by atoms with Crippen molar-refractivity contribution in [1.82, 2.24) is 9.78 Å². The molecule has 1 aliphatic rings. The van der Waals surface area contributed by atoms with Gasteiger partial charge < -0.3 is 0 Å². The molecule has 1 saturated carbocycles. The highest BCUT2D eigenvalue weighted by Crippen LogP contribution is 2.35. The molecule has 0 bridgehead atoms. The van der Waals surface area contributed by atoms with Crippen LogP contribution >= 0.6 is 15.9 Å². The highest BCUT2D eigenvalue weighted by atomic mass is 79.9. The van der Waals surface area contributed by atoms with Gasteiger partial charge in [-0.05, 0) is 42.6 Å². The number of Topliss-reactive ketones (excluding diaryl/α,β-unsaturated/α-hetero) is 1. The Morgan fingerprint density at radius 2 is 2.25 bits per heavy atom. The van der Waals surface area contributed by atoms with E-state index in [4.69, 9.17) is 0 Å². The van der Waals surface area contributed by atoms with E-state index in [0.717, 1.165) is 35.8 Å². The zero-order valence-corrected chi connectivity index (χ0v) is 11.3. The molecule has 1 aromatic rings. The predicted molar refractivity (Wildman–Crippen MR) is 66.5 cm³/mol. The van der Waals surface area contributed by atoms with Gasteiger partial charge in [0.1, 0.15) is 5.78 Å². The predicted octanol–water partition coefficient (Wildman–Crippen LogP) is 3.45. The molecule has 2 rings (SSSR count). The van der Waals surface area contributed by atoms with E-state index in [0.29, 0.717) is 11.8 Å². The Bertz CT molecular complexity index is 398. The van der Waals surface area contributed by atoms with Crippen LogP contribution in [-0.4, -0.2) is 15.6 Å². The van der Waals surface area contributed by atoms with E-state index in [1.807, 2.05) is 4.68 Å². The number of ketones is 1. The maximum atomic E-state index is 12.0. The fourth-order valence-electron chi connectivity index (χ4n) is 2.36. The summed E-state index contributed by atoms with van der Waals surface area (Å²) in [5.41, 5.74) is 1.07. The molecular formula is C12H17BrN2O. The van der Waals surface area contributed by atoms with E-state index in [1.54, 1.807) is 6.20 Å². The molecule has 0 spiro atoms. The van der Waals surface area contributed by atoms with Crippen molar-refractivity contribution in [3.63, 3.8) is 0 Å². The first-order valence-electron chi connectivity index (χ1n) is 5.87. The molecule has 3 nitrogen and oxygen atoms in total. The average Bonchev–Trinajstić information content (AvgIpc) is 2.61. The second-order valence-electron chi connectivity index (χ2n) is 4.68. The van der Waals surface area contributed by atoms with Gasteiger partial charge in [-0.25, -0.2) is 0 Å². The van der Waals surface area contributed by atoms with Gasteiger partial charge in [0.15, 0.2) is 0 Å². The summed E-state index contributed by atoms with van der Waals surface area (Å²) in [7, 11) is 0. The van der Waals surface area contributed by atoms with E-state index in [9.17, 15) is 4.79 Å². The largest absolute Gasteiger partial charge is 0.299 e. The zero-order valence-electron chi connectivity index (χ0n) is 9.74. The Morgan fingerprint density at radius 3 is 2.88 bits per heavy atom. The van der Waals surface area contributed by atoms with Crippen molar-refractivity contribution in [2.45, 2.75) is 51.5 Å². The van der Waals surface area contributed by atoms with E-state index >= 15 is 0 Å². The van der Waals surface area contributed by atoms with Crippen molar-refractivity contribution in [2.75, 3.05) is 0 Å². The molecule has 0 amide bonds. The number of rotatable bonds is 2. The van der Waals surface area contributed by atoms with Crippen LogP contribution in [0.15, 0.2) is 10.7 Å². The van der Waals surface area contributed by atoms with Crippen LogP contribution < -0.4 is 0 Å². The van der Waals surface area contributed by atoms with Crippen LogP contribution in [-0.2, 0) is 4.79 Å². The molecule has 1 fully saturated rings. The fraction of sp³-hybridized carbons (Fsp3) is 0.667. The molecule has 1 atom stereocenters. The molecule has 88 valence electrons. The lowest BCUT2D eigenvalue weighted by Crippen LogP contribution is -2.21. The minimum absolute atomic E-state index is 0.0491. The number of carbonyl (C=O) groups excluding carboxylic acids is 1. The Labute approximate surface area is 104 Å². The quantitative estimate of drug-likeness (QED) is 0.834. The molecule has 1 heterocycles. The summed E-state index contributed by atoms with van der Waals surface area (Å²) in [5.74, 6) is 0.419. The topological polar surface area (TPSA) is 34.9 Å². The number of carbonyl (C=O) groups is 1. The third kappa shape index (κ3) is 2.08. The maximum absolute atomic E-state index is 12.0. The Hall–Kier alpha value is -0.640. The Balaban J connectivity index is 2.37. The molecule has 1 unspecified atom stereocenters. The molecule has 0 aliphatic heterocycles. The van der Waals surface area contributed by atoms with Crippen molar-refractivity contribution in [1.29, 1.82) is 0 Å². The highest BCUT2D eigenvalue weighted by molar-refractivity contribution is 9.10. The molecular weight excluding hydrogens is 268 g/mol. The number of aromatic nitrogens is 2. The summed E-state index contributed by atoms with van der Waals surface area (Å²) < 4.78 is 2.94. The molecule has 4 heteroatoms. The van der Waals surface area contributed by atoms with Gasteiger partial charge in [0.05, 0.1) is 22.3 Å². The maximum Gasteiger partial charge on any atom is 0.141 e. The SMILES string of the molecule is CC(C)n1ncc(Br)c1C1CCCCC1=O. The van der Waals surface area contributed by atoms with Crippen molar-refractivity contribution in [3.05, 3.63) is 16.4 Å².